The van der Waals surface area contributed by atoms with E-state index in [1.807, 2.05) is 0 Å². The average Bonchev–Trinajstić information content (AvgIpc) is 2.68. The van der Waals surface area contributed by atoms with Crippen molar-refractivity contribution in [2.75, 3.05) is 5.43 Å². The predicted molar refractivity (Wildman–Crippen MR) is 94.7 cm³/mol. The van der Waals surface area contributed by atoms with Gasteiger partial charge in [0.25, 0.3) is 5.84 Å². The molecule has 0 unspecified atom stereocenters. The molecule has 0 bridgehead atoms. The molecule has 31 heavy (non-hydrogen) atoms. The number of azo groups is 1. The Kier molecular flexibility index (Phi) is 6.85. The second-order valence-electron chi connectivity index (χ2n) is 5.41. The molecule has 0 aliphatic rings. The normalized spacial score (nSPS) is 13.1. The van der Waals surface area contributed by atoms with Gasteiger partial charge in [0.15, 0.2) is 0 Å². The van der Waals surface area contributed by atoms with Gasteiger partial charge < -0.3 is 4.18 Å². The highest BCUT2D eigenvalue weighted by molar-refractivity contribution is 7.88. The van der Waals surface area contributed by atoms with E-state index >= 15 is 0 Å². The van der Waals surface area contributed by atoms with Crippen LogP contribution < -0.4 is 9.61 Å². The quantitative estimate of drug-likeness (QED) is 0.127. The van der Waals surface area contributed by atoms with Gasteiger partial charge in [-0.3, -0.25) is 5.43 Å². The minimum absolute atomic E-state index is 0.00855. The Morgan fingerprint density at radius 1 is 0.968 bits per heavy atom. The van der Waals surface area contributed by atoms with Crippen LogP contribution >= 0.6 is 0 Å². The summed E-state index contributed by atoms with van der Waals surface area (Å²) < 4.78 is 100. The maximum atomic E-state index is 12.5. The maximum Gasteiger partial charge on any atom is 0.534 e. The molecule has 2 aromatic carbocycles. The molecule has 0 aliphatic carbocycles. The molecule has 2 aromatic rings. The number of nitrogens with one attached hydrogen (secondary N) is 1. The number of anilines is 1. The molecule has 0 atom stereocenters. The van der Waals surface area contributed by atoms with Crippen molar-refractivity contribution in [2.45, 2.75) is 11.7 Å². The van der Waals surface area contributed by atoms with Gasteiger partial charge >= 0.3 is 21.8 Å². The standard InChI is InChI=1S/C16H9F6N5O3S/c17-15(18,19)10-1-3-11(4-2-10)24-26-14(9-23)27-25-12-5-7-13(8-6-12)30-31(28,29)16(20,21)22/h1-8,24H. The van der Waals surface area contributed by atoms with E-state index < -0.39 is 39.0 Å². The maximum absolute atomic E-state index is 12.5. The number of hydrogen-bond acceptors (Lipinski definition) is 7. The molecule has 0 amide bonds. The molecular weight excluding hydrogens is 456 g/mol. The van der Waals surface area contributed by atoms with Crippen LogP contribution in [0.15, 0.2) is 63.9 Å². The molecule has 0 radical (unpaired) electrons. The highest BCUT2D eigenvalue weighted by atomic mass is 32.2. The number of benzene rings is 2. The average molecular weight is 465 g/mol. The van der Waals surface area contributed by atoms with Gasteiger partial charge in [-0.15, -0.1) is 15.3 Å². The van der Waals surface area contributed by atoms with Crippen LogP contribution in [0.5, 0.6) is 5.75 Å². The zero-order valence-corrected chi connectivity index (χ0v) is 15.6. The summed E-state index contributed by atoms with van der Waals surface area (Å²) in [4.78, 5) is 0. The number of hydrogen-bond donors (Lipinski definition) is 1. The summed E-state index contributed by atoms with van der Waals surface area (Å²) >= 11 is 0. The Hall–Kier alpha value is -3.67. The van der Waals surface area contributed by atoms with E-state index in [2.05, 4.69) is 24.9 Å². The molecule has 0 aliphatic heterocycles. The second-order valence-corrected chi connectivity index (χ2v) is 6.95. The van der Waals surface area contributed by atoms with E-state index in [0.29, 0.717) is 0 Å². The van der Waals surface area contributed by atoms with Crippen molar-refractivity contribution in [2.24, 2.45) is 15.3 Å². The van der Waals surface area contributed by atoms with Gasteiger partial charge in [-0.2, -0.15) is 40.0 Å². The van der Waals surface area contributed by atoms with Gasteiger partial charge in [-0.25, -0.2) is 0 Å². The van der Waals surface area contributed by atoms with Gasteiger partial charge in [-0.05, 0) is 48.5 Å². The van der Waals surface area contributed by atoms with Gasteiger partial charge in [0.2, 0.25) is 0 Å². The third kappa shape index (κ3) is 6.67. The number of nitriles is 1. The largest absolute Gasteiger partial charge is 0.534 e. The zero-order chi connectivity index (χ0) is 23.3. The van der Waals surface area contributed by atoms with Crippen molar-refractivity contribution in [1.29, 1.82) is 5.26 Å². The summed E-state index contributed by atoms with van der Waals surface area (Å²) in [6.07, 6.45) is -4.51. The van der Waals surface area contributed by atoms with Crippen LogP contribution in [0.25, 0.3) is 0 Å². The summed E-state index contributed by atoms with van der Waals surface area (Å²) in [5.74, 6) is -1.16. The summed E-state index contributed by atoms with van der Waals surface area (Å²) in [6.45, 7) is 0. The molecule has 1 N–H and O–H groups in total. The lowest BCUT2D eigenvalue weighted by Crippen LogP contribution is -2.27. The van der Waals surface area contributed by atoms with E-state index in [1.54, 1.807) is 6.07 Å². The summed E-state index contributed by atoms with van der Waals surface area (Å²) in [7, 11) is -5.82. The molecule has 0 fully saturated rings. The van der Waals surface area contributed by atoms with Crippen LogP contribution in [-0.4, -0.2) is 19.8 Å². The number of rotatable bonds is 5. The minimum atomic E-state index is -5.82. The molecule has 2 rings (SSSR count). The van der Waals surface area contributed by atoms with Crippen LogP contribution in [0, 0.1) is 11.3 Å². The lowest BCUT2D eigenvalue weighted by atomic mass is 10.2. The van der Waals surface area contributed by atoms with E-state index in [4.69, 9.17) is 5.26 Å². The van der Waals surface area contributed by atoms with Crippen LogP contribution in [-0.2, 0) is 16.3 Å². The molecule has 8 nitrogen and oxygen atoms in total. The Morgan fingerprint density at radius 2 is 1.55 bits per heavy atom. The third-order valence-corrected chi connectivity index (χ3v) is 4.17. The van der Waals surface area contributed by atoms with Crippen LogP contribution in [0.3, 0.4) is 0 Å². The third-order valence-electron chi connectivity index (χ3n) is 3.19. The van der Waals surface area contributed by atoms with Crippen molar-refractivity contribution in [3.8, 4) is 11.8 Å². The van der Waals surface area contributed by atoms with Crippen molar-refractivity contribution >= 4 is 27.3 Å². The first kappa shape index (κ1) is 23.6. The predicted octanol–water partition coefficient (Wildman–Crippen LogP) is 4.97. The fourth-order valence-electron chi connectivity index (χ4n) is 1.77. The Bertz CT molecular complexity index is 1120. The number of halogens is 6. The molecule has 0 saturated heterocycles. The molecular formula is C16H9F6N5O3S. The first-order chi connectivity index (χ1) is 14.3. The smallest absolute Gasteiger partial charge is 0.376 e. The van der Waals surface area contributed by atoms with Crippen LogP contribution in [0.4, 0.5) is 37.7 Å². The topological polar surface area (TPSA) is 116 Å². The molecule has 0 saturated carbocycles. The van der Waals surface area contributed by atoms with Crippen LogP contribution in [0.1, 0.15) is 5.56 Å². The fourth-order valence-corrected chi connectivity index (χ4v) is 2.23. The molecule has 0 heterocycles. The number of alkyl halides is 6. The van der Waals surface area contributed by atoms with E-state index in [1.165, 1.54) is 0 Å². The van der Waals surface area contributed by atoms with Crippen molar-refractivity contribution < 1.29 is 38.9 Å². The Balaban J connectivity index is 2.05. The second kappa shape index (κ2) is 9.00. The molecule has 0 spiro atoms. The monoisotopic (exact) mass is 465 g/mol. The van der Waals surface area contributed by atoms with Gasteiger partial charge in [0.1, 0.15) is 11.8 Å². The summed E-state index contributed by atoms with van der Waals surface area (Å²) in [5.41, 5.74) is -4.02. The molecule has 164 valence electrons. The first-order valence-corrected chi connectivity index (χ1v) is 9.16. The number of amidine groups is 1. The first-order valence-electron chi connectivity index (χ1n) is 7.75. The number of hydrazone groups is 1. The Morgan fingerprint density at radius 3 is 2.03 bits per heavy atom. The SMILES string of the molecule is N#CC(N=Nc1ccc(OS(=O)(=O)C(F)(F)F)cc1)=NNc1ccc(C(F)(F)F)cc1. The molecule has 15 heteroatoms. The lowest BCUT2D eigenvalue weighted by molar-refractivity contribution is -0.137. The highest BCUT2D eigenvalue weighted by Crippen LogP contribution is 2.30. The number of nitrogens with zero attached hydrogens (tertiary/aromatic N) is 4. The van der Waals surface area contributed by atoms with Crippen molar-refractivity contribution in [3.05, 3.63) is 54.1 Å². The van der Waals surface area contributed by atoms with E-state index in [0.717, 1.165) is 48.5 Å². The van der Waals surface area contributed by atoms with Gasteiger partial charge in [0.05, 0.1) is 16.9 Å². The highest BCUT2D eigenvalue weighted by Gasteiger charge is 2.48. The van der Waals surface area contributed by atoms with Gasteiger partial charge in [0, 0.05) is 0 Å². The molecule has 0 aromatic heterocycles. The lowest BCUT2D eigenvalue weighted by Gasteiger charge is -2.09. The minimum Gasteiger partial charge on any atom is -0.376 e. The van der Waals surface area contributed by atoms with E-state index in [-0.39, 0.29) is 11.4 Å². The zero-order valence-electron chi connectivity index (χ0n) is 14.8. The van der Waals surface area contributed by atoms with Crippen LogP contribution in [0.2, 0.25) is 0 Å². The summed E-state index contributed by atoms with van der Waals surface area (Å²) in [6, 6.07) is 9.18. The van der Waals surface area contributed by atoms with Crippen molar-refractivity contribution in [3.63, 3.8) is 0 Å². The van der Waals surface area contributed by atoms with Gasteiger partial charge in [-0.1, -0.05) is 0 Å². The van der Waals surface area contributed by atoms with E-state index in [9.17, 15) is 34.8 Å². The Labute approximate surface area is 170 Å². The fraction of sp³-hybridized carbons (Fsp3) is 0.125. The summed E-state index contributed by atoms with van der Waals surface area (Å²) in [5, 5.41) is 19.5. The van der Waals surface area contributed by atoms with Crippen molar-refractivity contribution in [1.82, 2.24) is 0 Å².